The lowest BCUT2D eigenvalue weighted by atomic mass is 10.1. The van der Waals surface area contributed by atoms with E-state index in [0.29, 0.717) is 19.7 Å². The Bertz CT molecular complexity index is 675. The number of nitrogens with zero attached hydrogens (tertiary/aromatic N) is 1. The van der Waals surface area contributed by atoms with E-state index >= 15 is 0 Å². The predicted octanol–water partition coefficient (Wildman–Crippen LogP) is 4.11. The van der Waals surface area contributed by atoms with Crippen LogP contribution < -0.4 is 4.74 Å². The van der Waals surface area contributed by atoms with Gasteiger partial charge in [0, 0.05) is 10.9 Å². The number of halogens is 1. The molecule has 0 spiro atoms. The van der Waals surface area contributed by atoms with Gasteiger partial charge >= 0.3 is 6.09 Å². The quantitative estimate of drug-likeness (QED) is 0.757. The monoisotopic (exact) mass is 375 g/mol. The number of hydrogen-bond donors (Lipinski definition) is 0. The van der Waals surface area contributed by atoms with Gasteiger partial charge in [0.2, 0.25) is 0 Å². The summed E-state index contributed by atoms with van der Waals surface area (Å²) in [5, 5.41) is 0.784. The van der Waals surface area contributed by atoms with Crippen LogP contribution in [0.25, 0.3) is 0 Å². The zero-order valence-corrected chi connectivity index (χ0v) is 14.3. The van der Waals surface area contributed by atoms with Gasteiger partial charge in [0.15, 0.2) is 0 Å². The van der Waals surface area contributed by atoms with Gasteiger partial charge in [-0.2, -0.15) is 0 Å². The molecule has 1 aliphatic rings. The topological polar surface area (TPSA) is 38.8 Å². The van der Waals surface area contributed by atoms with Crippen LogP contribution in [0.3, 0.4) is 0 Å². The molecule has 0 bridgehead atoms. The van der Waals surface area contributed by atoms with Crippen LogP contribution in [0, 0.1) is 0 Å². The van der Waals surface area contributed by atoms with Crippen LogP contribution in [0.1, 0.15) is 16.7 Å². The Kier molecular flexibility index (Phi) is 5.18. The molecule has 2 aromatic rings. The Morgan fingerprint density at radius 3 is 2.78 bits per heavy atom. The predicted molar refractivity (Wildman–Crippen MR) is 91.6 cm³/mol. The molecule has 4 nitrogen and oxygen atoms in total. The van der Waals surface area contributed by atoms with Gasteiger partial charge in [-0.05, 0) is 17.2 Å². The molecule has 23 heavy (non-hydrogen) atoms. The van der Waals surface area contributed by atoms with E-state index in [4.69, 9.17) is 9.47 Å². The summed E-state index contributed by atoms with van der Waals surface area (Å²) < 4.78 is 11.2. The number of rotatable bonds is 3. The number of benzene rings is 2. The third-order valence-corrected chi connectivity index (χ3v) is 4.38. The van der Waals surface area contributed by atoms with Gasteiger partial charge in [-0.25, -0.2) is 4.79 Å². The zero-order chi connectivity index (χ0) is 16.1. The minimum Gasteiger partial charge on any atom is -0.491 e. The number of carbonyl (C=O) groups is 1. The van der Waals surface area contributed by atoms with Crippen LogP contribution in [0.4, 0.5) is 4.79 Å². The van der Waals surface area contributed by atoms with Crippen molar-refractivity contribution >= 4 is 22.0 Å². The normalized spacial score (nSPS) is 13.7. The van der Waals surface area contributed by atoms with Gasteiger partial charge in [-0.3, -0.25) is 0 Å². The van der Waals surface area contributed by atoms with Gasteiger partial charge in [0.1, 0.15) is 19.0 Å². The van der Waals surface area contributed by atoms with E-state index in [0.717, 1.165) is 27.8 Å². The molecule has 5 heteroatoms. The summed E-state index contributed by atoms with van der Waals surface area (Å²) in [5.74, 6) is 0.848. The molecule has 0 N–H and O–H groups in total. The number of amides is 1. The van der Waals surface area contributed by atoms with Crippen molar-refractivity contribution in [2.45, 2.75) is 18.5 Å². The number of carbonyl (C=O) groups excluding carboxylic acids is 1. The molecule has 2 aromatic carbocycles. The molecular formula is C18H18BrNO3. The molecule has 3 rings (SSSR count). The van der Waals surface area contributed by atoms with Crippen LogP contribution in [0.15, 0.2) is 48.5 Å². The van der Waals surface area contributed by atoms with Crippen molar-refractivity contribution in [2.24, 2.45) is 0 Å². The number of ether oxygens (including phenoxy) is 2. The van der Waals surface area contributed by atoms with E-state index in [9.17, 15) is 4.79 Å². The minimum absolute atomic E-state index is 0.284. The van der Waals surface area contributed by atoms with Crippen LogP contribution >= 0.6 is 15.9 Å². The van der Waals surface area contributed by atoms with Crippen LogP contribution in [-0.2, 0) is 23.2 Å². The summed E-state index contributed by atoms with van der Waals surface area (Å²) in [5.41, 5.74) is 3.14. The molecule has 1 heterocycles. The Balaban J connectivity index is 1.64. The maximum Gasteiger partial charge on any atom is 0.410 e. The fourth-order valence-corrected chi connectivity index (χ4v) is 2.81. The van der Waals surface area contributed by atoms with Crippen molar-refractivity contribution in [1.82, 2.24) is 4.90 Å². The summed E-state index contributed by atoms with van der Waals surface area (Å²) in [6.07, 6.45) is -0.310. The van der Waals surface area contributed by atoms with Crippen molar-refractivity contribution < 1.29 is 14.3 Å². The number of alkyl halides is 1. The first-order valence-corrected chi connectivity index (χ1v) is 8.64. The summed E-state index contributed by atoms with van der Waals surface area (Å²) in [4.78, 5) is 14.0. The zero-order valence-electron chi connectivity index (χ0n) is 12.7. The van der Waals surface area contributed by atoms with E-state index in [1.807, 2.05) is 48.5 Å². The summed E-state index contributed by atoms with van der Waals surface area (Å²) in [6, 6.07) is 15.7. The van der Waals surface area contributed by atoms with E-state index in [2.05, 4.69) is 15.9 Å². The van der Waals surface area contributed by atoms with Crippen LogP contribution in [-0.4, -0.2) is 24.1 Å². The smallest absolute Gasteiger partial charge is 0.410 e. The molecule has 0 aromatic heterocycles. The standard InChI is InChI=1S/C18H18BrNO3/c19-11-15-6-7-16-12-20(8-9-22-17(16)10-15)18(21)23-13-14-4-2-1-3-5-14/h1-7,10H,8-9,11-13H2. The highest BCUT2D eigenvalue weighted by Gasteiger charge is 2.21. The first-order valence-electron chi connectivity index (χ1n) is 7.52. The molecule has 0 unspecified atom stereocenters. The van der Waals surface area contributed by atoms with E-state index in [1.54, 1.807) is 4.90 Å². The molecule has 120 valence electrons. The van der Waals surface area contributed by atoms with Crippen LogP contribution in [0.2, 0.25) is 0 Å². The Morgan fingerprint density at radius 1 is 1.17 bits per heavy atom. The van der Waals surface area contributed by atoms with Gasteiger partial charge in [-0.15, -0.1) is 0 Å². The summed E-state index contributed by atoms with van der Waals surface area (Å²) in [7, 11) is 0. The first kappa shape index (κ1) is 15.9. The lowest BCUT2D eigenvalue weighted by molar-refractivity contribution is 0.0913. The van der Waals surface area contributed by atoms with Gasteiger partial charge in [0.25, 0.3) is 0 Å². The SMILES string of the molecule is O=C(OCc1ccccc1)N1CCOc2cc(CBr)ccc2C1. The second-order valence-corrected chi connectivity index (χ2v) is 5.95. The van der Waals surface area contributed by atoms with Gasteiger partial charge in [-0.1, -0.05) is 58.4 Å². The third-order valence-electron chi connectivity index (χ3n) is 3.73. The maximum atomic E-state index is 12.3. The highest BCUT2D eigenvalue weighted by molar-refractivity contribution is 9.08. The summed E-state index contributed by atoms with van der Waals surface area (Å²) >= 11 is 3.44. The molecule has 1 aliphatic heterocycles. The lowest BCUT2D eigenvalue weighted by Crippen LogP contribution is -2.32. The van der Waals surface area contributed by atoms with Crippen molar-refractivity contribution in [3.8, 4) is 5.75 Å². The Morgan fingerprint density at radius 2 is 2.00 bits per heavy atom. The largest absolute Gasteiger partial charge is 0.491 e. The first-order chi connectivity index (χ1) is 11.3. The molecule has 0 saturated heterocycles. The highest BCUT2D eigenvalue weighted by atomic mass is 79.9. The molecule has 0 aliphatic carbocycles. The molecular weight excluding hydrogens is 358 g/mol. The summed E-state index contributed by atoms with van der Waals surface area (Å²) in [6.45, 7) is 1.78. The average molecular weight is 376 g/mol. The van der Waals surface area contributed by atoms with Crippen LogP contribution in [0.5, 0.6) is 5.75 Å². The second-order valence-electron chi connectivity index (χ2n) is 5.39. The lowest BCUT2D eigenvalue weighted by Gasteiger charge is -2.19. The van der Waals surface area contributed by atoms with Gasteiger partial charge < -0.3 is 14.4 Å². The molecule has 0 saturated carbocycles. The van der Waals surface area contributed by atoms with E-state index < -0.39 is 0 Å². The maximum absolute atomic E-state index is 12.3. The van der Waals surface area contributed by atoms with Crippen molar-refractivity contribution in [3.63, 3.8) is 0 Å². The van der Waals surface area contributed by atoms with Crippen molar-refractivity contribution in [2.75, 3.05) is 13.2 Å². The fraction of sp³-hybridized carbons (Fsp3) is 0.278. The van der Waals surface area contributed by atoms with E-state index in [-0.39, 0.29) is 12.7 Å². The minimum atomic E-state index is -0.310. The van der Waals surface area contributed by atoms with Crippen molar-refractivity contribution in [1.29, 1.82) is 0 Å². The Labute approximate surface area is 144 Å². The van der Waals surface area contributed by atoms with Crippen molar-refractivity contribution in [3.05, 3.63) is 65.2 Å². The fourth-order valence-electron chi connectivity index (χ4n) is 2.46. The number of hydrogen-bond acceptors (Lipinski definition) is 3. The molecule has 0 fully saturated rings. The molecule has 1 amide bonds. The number of fused-ring (bicyclic) bond motifs is 1. The molecule has 0 radical (unpaired) electrons. The van der Waals surface area contributed by atoms with E-state index in [1.165, 1.54) is 0 Å². The average Bonchev–Trinajstić information content (AvgIpc) is 2.82. The highest BCUT2D eigenvalue weighted by Crippen LogP contribution is 2.25. The molecule has 0 atom stereocenters. The second kappa shape index (κ2) is 7.51. The van der Waals surface area contributed by atoms with Gasteiger partial charge in [0.05, 0.1) is 13.1 Å². The third kappa shape index (κ3) is 4.05. The Hall–Kier alpha value is -2.01.